The maximum Gasteiger partial charge on any atom is 0.278 e. The summed E-state index contributed by atoms with van der Waals surface area (Å²) in [5.74, 6) is -0.609. The Hall–Kier alpha value is -2.79. The Morgan fingerprint density at radius 1 is 0.893 bits per heavy atom. The molecule has 0 saturated heterocycles. The molecule has 2 aromatic rings. The van der Waals surface area contributed by atoms with Crippen molar-refractivity contribution in [3.63, 3.8) is 0 Å². The van der Waals surface area contributed by atoms with Crippen molar-refractivity contribution in [3.05, 3.63) is 64.8 Å². The number of anilines is 2. The van der Waals surface area contributed by atoms with Gasteiger partial charge in [0.15, 0.2) is 0 Å². The van der Waals surface area contributed by atoms with Gasteiger partial charge in [-0.3, -0.25) is 14.5 Å². The zero-order valence-corrected chi connectivity index (χ0v) is 17.1. The zero-order chi connectivity index (χ0) is 20.3. The van der Waals surface area contributed by atoms with E-state index in [4.69, 9.17) is 11.6 Å². The van der Waals surface area contributed by atoms with Gasteiger partial charge in [-0.25, -0.2) is 0 Å². The van der Waals surface area contributed by atoms with Gasteiger partial charge in [0.2, 0.25) is 0 Å². The van der Waals surface area contributed by atoms with E-state index >= 15 is 0 Å². The molecule has 0 spiro atoms. The highest BCUT2D eigenvalue weighted by molar-refractivity contribution is 6.36. The molecule has 5 nitrogen and oxygen atoms in total. The number of carbonyl (C=O) groups is 2. The predicted molar refractivity (Wildman–Crippen MR) is 114 cm³/mol. The molecule has 0 bridgehead atoms. The van der Waals surface area contributed by atoms with Crippen molar-refractivity contribution in [3.8, 4) is 0 Å². The number of amides is 2. The van der Waals surface area contributed by atoms with Crippen molar-refractivity contribution >= 4 is 40.4 Å². The highest BCUT2D eigenvalue weighted by atomic mass is 35.5. The SMILES string of the molecule is CCN1C(=O)C(Nc2ccc(N(CC)CC)cc2)=C(c2ccc(Cl)cc2)C1=O. The average Bonchev–Trinajstić information content (AvgIpc) is 2.94. The summed E-state index contributed by atoms with van der Waals surface area (Å²) in [5.41, 5.74) is 3.21. The number of likely N-dealkylation sites (N-methyl/N-ethyl adjacent to an activating group) is 1. The van der Waals surface area contributed by atoms with Crippen LogP contribution in [0.25, 0.3) is 5.57 Å². The third kappa shape index (κ3) is 3.76. The second kappa shape index (κ2) is 8.48. The van der Waals surface area contributed by atoms with Gasteiger partial charge >= 0.3 is 0 Å². The van der Waals surface area contributed by atoms with E-state index < -0.39 is 0 Å². The molecule has 0 fully saturated rings. The molecule has 1 aliphatic heterocycles. The van der Waals surface area contributed by atoms with Gasteiger partial charge in [0, 0.05) is 36.0 Å². The first-order valence-electron chi connectivity index (χ1n) is 9.48. The average molecular weight is 398 g/mol. The Bertz CT molecular complexity index is 900. The summed E-state index contributed by atoms with van der Waals surface area (Å²) in [6, 6.07) is 14.8. The van der Waals surface area contributed by atoms with Crippen LogP contribution < -0.4 is 10.2 Å². The number of nitrogens with zero attached hydrogens (tertiary/aromatic N) is 2. The summed E-state index contributed by atoms with van der Waals surface area (Å²) >= 11 is 5.97. The normalized spacial score (nSPS) is 14.1. The van der Waals surface area contributed by atoms with E-state index in [0.29, 0.717) is 28.4 Å². The van der Waals surface area contributed by atoms with E-state index in [1.165, 1.54) is 4.90 Å². The number of rotatable bonds is 7. The van der Waals surface area contributed by atoms with Crippen molar-refractivity contribution in [1.82, 2.24) is 4.90 Å². The molecule has 0 atom stereocenters. The summed E-state index contributed by atoms with van der Waals surface area (Å²) in [6.45, 7) is 8.18. The Labute approximate surface area is 170 Å². The molecular formula is C22H24ClN3O2. The van der Waals surface area contributed by atoms with Crippen LogP contribution in [-0.4, -0.2) is 36.3 Å². The van der Waals surface area contributed by atoms with Crippen LogP contribution in [0.3, 0.4) is 0 Å². The molecule has 6 heteroatoms. The number of imide groups is 1. The minimum absolute atomic E-state index is 0.294. The molecule has 146 valence electrons. The third-order valence-electron chi connectivity index (χ3n) is 4.88. The van der Waals surface area contributed by atoms with Crippen molar-refractivity contribution in [2.75, 3.05) is 29.9 Å². The fraction of sp³-hybridized carbons (Fsp3) is 0.273. The predicted octanol–water partition coefficient (Wildman–Crippen LogP) is 4.40. The number of nitrogens with one attached hydrogen (secondary N) is 1. The summed E-state index contributed by atoms with van der Waals surface area (Å²) in [4.78, 5) is 29.1. The lowest BCUT2D eigenvalue weighted by Crippen LogP contribution is -2.32. The van der Waals surface area contributed by atoms with E-state index in [-0.39, 0.29) is 11.8 Å². The van der Waals surface area contributed by atoms with Gasteiger partial charge in [0.25, 0.3) is 11.8 Å². The van der Waals surface area contributed by atoms with Crippen molar-refractivity contribution in [2.24, 2.45) is 0 Å². The second-order valence-electron chi connectivity index (χ2n) is 6.46. The van der Waals surface area contributed by atoms with Crippen LogP contribution in [-0.2, 0) is 9.59 Å². The van der Waals surface area contributed by atoms with Crippen molar-refractivity contribution in [1.29, 1.82) is 0 Å². The molecule has 3 rings (SSSR count). The van der Waals surface area contributed by atoms with Crippen LogP contribution in [0.2, 0.25) is 5.02 Å². The molecule has 1 aliphatic rings. The van der Waals surface area contributed by atoms with Crippen LogP contribution >= 0.6 is 11.6 Å². The fourth-order valence-electron chi connectivity index (χ4n) is 3.35. The lowest BCUT2D eigenvalue weighted by molar-refractivity contribution is -0.136. The Balaban J connectivity index is 1.97. The maximum atomic E-state index is 12.8. The van der Waals surface area contributed by atoms with E-state index in [2.05, 4.69) is 24.1 Å². The molecule has 0 aliphatic carbocycles. The lowest BCUT2D eigenvalue weighted by Gasteiger charge is -2.21. The number of carbonyl (C=O) groups excluding carboxylic acids is 2. The van der Waals surface area contributed by atoms with Crippen LogP contribution in [0.1, 0.15) is 26.3 Å². The molecule has 2 aromatic carbocycles. The molecule has 0 unspecified atom stereocenters. The molecule has 0 aromatic heterocycles. The molecule has 28 heavy (non-hydrogen) atoms. The van der Waals surface area contributed by atoms with E-state index in [1.807, 2.05) is 24.3 Å². The first kappa shape index (κ1) is 20.0. The van der Waals surface area contributed by atoms with Crippen LogP contribution in [0, 0.1) is 0 Å². The molecule has 1 N–H and O–H groups in total. The van der Waals surface area contributed by atoms with Crippen LogP contribution in [0.4, 0.5) is 11.4 Å². The number of benzene rings is 2. The molecule has 0 radical (unpaired) electrons. The van der Waals surface area contributed by atoms with Gasteiger partial charge in [0.05, 0.1) is 5.57 Å². The van der Waals surface area contributed by atoms with E-state index in [1.54, 1.807) is 31.2 Å². The highest BCUT2D eigenvalue weighted by Crippen LogP contribution is 2.31. The quantitative estimate of drug-likeness (QED) is 0.703. The smallest absolute Gasteiger partial charge is 0.278 e. The number of hydrogen-bond donors (Lipinski definition) is 1. The Morgan fingerprint density at radius 2 is 1.50 bits per heavy atom. The highest BCUT2D eigenvalue weighted by Gasteiger charge is 2.38. The molecule has 2 amide bonds. The van der Waals surface area contributed by atoms with Crippen LogP contribution in [0.15, 0.2) is 54.2 Å². The van der Waals surface area contributed by atoms with E-state index in [0.717, 1.165) is 24.5 Å². The topological polar surface area (TPSA) is 52.7 Å². The minimum Gasteiger partial charge on any atom is -0.372 e. The molecule has 0 saturated carbocycles. The molecule has 1 heterocycles. The Morgan fingerprint density at radius 3 is 2.04 bits per heavy atom. The maximum absolute atomic E-state index is 12.8. The van der Waals surface area contributed by atoms with Gasteiger partial charge in [0.1, 0.15) is 5.70 Å². The third-order valence-corrected chi connectivity index (χ3v) is 5.13. The number of halogens is 1. The van der Waals surface area contributed by atoms with Crippen molar-refractivity contribution < 1.29 is 9.59 Å². The fourth-order valence-corrected chi connectivity index (χ4v) is 3.48. The largest absolute Gasteiger partial charge is 0.372 e. The van der Waals surface area contributed by atoms with Gasteiger partial charge in [-0.15, -0.1) is 0 Å². The number of hydrogen-bond acceptors (Lipinski definition) is 4. The first-order valence-corrected chi connectivity index (χ1v) is 9.86. The second-order valence-corrected chi connectivity index (χ2v) is 6.89. The van der Waals surface area contributed by atoms with Crippen molar-refractivity contribution in [2.45, 2.75) is 20.8 Å². The van der Waals surface area contributed by atoms with E-state index in [9.17, 15) is 9.59 Å². The summed E-state index contributed by atoms with van der Waals surface area (Å²) in [6.07, 6.45) is 0. The summed E-state index contributed by atoms with van der Waals surface area (Å²) in [5, 5.41) is 3.75. The Kier molecular flexibility index (Phi) is 6.05. The minimum atomic E-state index is -0.315. The summed E-state index contributed by atoms with van der Waals surface area (Å²) < 4.78 is 0. The van der Waals surface area contributed by atoms with Gasteiger partial charge < -0.3 is 10.2 Å². The zero-order valence-electron chi connectivity index (χ0n) is 16.3. The van der Waals surface area contributed by atoms with Gasteiger partial charge in [-0.05, 0) is 62.7 Å². The summed E-state index contributed by atoms with van der Waals surface area (Å²) in [7, 11) is 0. The standard InChI is InChI=1S/C22H24ClN3O2/c1-4-25(5-2)18-13-11-17(12-14-18)24-20-19(15-7-9-16(23)10-8-15)21(27)26(6-3)22(20)28/h7-14,24H,4-6H2,1-3H3. The van der Waals surface area contributed by atoms with Crippen LogP contribution in [0.5, 0.6) is 0 Å². The lowest BCUT2D eigenvalue weighted by atomic mass is 10.0. The monoisotopic (exact) mass is 397 g/mol. The molecular weight excluding hydrogens is 374 g/mol. The van der Waals surface area contributed by atoms with Gasteiger partial charge in [-0.2, -0.15) is 0 Å². The first-order chi connectivity index (χ1) is 13.5. The van der Waals surface area contributed by atoms with Gasteiger partial charge in [-0.1, -0.05) is 23.7 Å².